The van der Waals surface area contributed by atoms with E-state index in [-0.39, 0.29) is 11.2 Å². The Morgan fingerprint density at radius 1 is 1.09 bits per heavy atom. The average Bonchev–Trinajstić information content (AvgIpc) is 3.40. The smallest absolute Gasteiger partial charge is 0.253 e. The molecule has 116 valence electrons. The highest BCUT2D eigenvalue weighted by Gasteiger charge is 2.41. The number of nitrogens with zero attached hydrogens (tertiary/aromatic N) is 3. The molecule has 6 nitrogen and oxygen atoms in total. The van der Waals surface area contributed by atoms with Crippen LogP contribution in [-0.4, -0.2) is 55.0 Å². The second kappa shape index (κ2) is 5.71. The van der Waals surface area contributed by atoms with Crippen molar-refractivity contribution in [3.8, 4) is 6.07 Å². The summed E-state index contributed by atoms with van der Waals surface area (Å²) in [6.45, 7) is 1.54. The predicted molar refractivity (Wildman–Crippen MR) is 80.6 cm³/mol. The number of rotatable bonds is 3. The molecule has 7 heteroatoms. The SMILES string of the molecule is N#Cc1ccc(C(=O)N2CCN(S(=O)(=O)C3CC3)CC2)cc1. The summed E-state index contributed by atoms with van der Waals surface area (Å²) in [7, 11) is -3.15. The van der Waals surface area contributed by atoms with Crippen LogP contribution in [0.1, 0.15) is 28.8 Å². The van der Waals surface area contributed by atoms with Gasteiger partial charge in [0.05, 0.1) is 16.9 Å². The first kappa shape index (κ1) is 15.0. The fourth-order valence-corrected chi connectivity index (χ4v) is 4.42. The Labute approximate surface area is 130 Å². The molecule has 1 aromatic carbocycles. The van der Waals surface area contributed by atoms with Gasteiger partial charge < -0.3 is 4.90 Å². The molecule has 1 saturated carbocycles. The fraction of sp³-hybridized carbons (Fsp3) is 0.467. The van der Waals surface area contributed by atoms with Crippen LogP contribution in [0.3, 0.4) is 0 Å². The van der Waals surface area contributed by atoms with E-state index in [0.29, 0.717) is 37.3 Å². The summed E-state index contributed by atoms with van der Waals surface area (Å²) in [6, 6.07) is 8.50. The van der Waals surface area contributed by atoms with E-state index in [9.17, 15) is 13.2 Å². The average molecular weight is 319 g/mol. The second-order valence-electron chi connectivity index (χ2n) is 5.62. The first-order chi connectivity index (χ1) is 10.5. The minimum Gasteiger partial charge on any atom is -0.336 e. The van der Waals surface area contributed by atoms with Gasteiger partial charge in [-0.05, 0) is 37.1 Å². The first-order valence-corrected chi connectivity index (χ1v) is 8.81. The molecule has 2 fully saturated rings. The van der Waals surface area contributed by atoms with Gasteiger partial charge in [0.1, 0.15) is 0 Å². The molecule has 0 N–H and O–H groups in total. The third kappa shape index (κ3) is 2.85. The lowest BCUT2D eigenvalue weighted by atomic mass is 10.1. The summed E-state index contributed by atoms with van der Waals surface area (Å²) in [6.07, 6.45) is 1.51. The lowest BCUT2D eigenvalue weighted by Crippen LogP contribution is -2.51. The van der Waals surface area contributed by atoms with Crippen molar-refractivity contribution >= 4 is 15.9 Å². The Balaban J connectivity index is 1.63. The molecule has 22 heavy (non-hydrogen) atoms. The maximum atomic E-state index is 12.4. The van der Waals surface area contributed by atoms with Crippen molar-refractivity contribution in [2.45, 2.75) is 18.1 Å². The molecular weight excluding hydrogens is 302 g/mol. The maximum Gasteiger partial charge on any atom is 0.253 e. The summed E-state index contributed by atoms with van der Waals surface area (Å²) in [4.78, 5) is 14.0. The van der Waals surface area contributed by atoms with Crippen molar-refractivity contribution in [3.05, 3.63) is 35.4 Å². The summed E-state index contributed by atoms with van der Waals surface area (Å²) >= 11 is 0. The van der Waals surface area contributed by atoms with Gasteiger partial charge in [0.15, 0.2) is 0 Å². The van der Waals surface area contributed by atoms with E-state index in [1.807, 2.05) is 6.07 Å². The monoisotopic (exact) mass is 319 g/mol. The number of piperazine rings is 1. The van der Waals surface area contributed by atoms with Gasteiger partial charge in [-0.1, -0.05) is 0 Å². The number of carbonyl (C=O) groups is 1. The van der Waals surface area contributed by atoms with Crippen LogP contribution in [0.2, 0.25) is 0 Å². The van der Waals surface area contributed by atoms with Crippen LogP contribution in [0.25, 0.3) is 0 Å². The number of sulfonamides is 1. The van der Waals surface area contributed by atoms with Gasteiger partial charge in [-0.3, -0.25) is 4.79 Å². The first-order valence-electron chi connectivity index (χ1n) is 7.31. The molecule has 1 heterocycles. The lowest BCUT2D eigenvalue weighted by molar-refractivity contribution is 0.0698. The molecule has 0 aromatic heterocycles. The number of amides is 1. The molecule has 3 rings (SSSR count). The van der Waals surface area contributed by atoms with Gasteiger partial charge in [-0.15, -0.1) is 0 Å². The highest BCUT2D eigenvalue weighted by molar-refractivity contribution is 7.90. The van der Waals surface area contributed by atoms with Gasteiger partial charge >= 0.3 is 0 Å². The largest absolute Gasteiger partial charge is 0.336 e. The molecule has 0 unspecified atom stereocenters. The highest BCUT2D eigenvalue weighted by Crippen LogP contribution is 2.31. The quantitative estimate of drug-likeness (QED) is 0.825. The Morgan fingerprint density at radius 2 is 1.68 bits per heavy atom. The van der Waals surface area contributed by atoms with E-state index in [4.69, 9.17) is 5.26 Å². The van der Waals surface area contributed by atoms with Gasteiger partial charge in [-0.25, -0.2) is 8.42 Å². The van der Waals surface area contributed by atoms with Crippen LogP contribution in [0.4, 0.5) is 0 Å². The summed E-state index contributed by atoms with van der Waals surface area (Å²) in [5.41, 5.74) is 1.04. The molecule has 0 bridgehead atoms. The standard InChI is InChI=1S/C15H17N3O3S/c16-11-12-1-3-13(4-2-12)15(19)17-7-9-18(10-8-17)22(20,21)14-5-6-14/h1-4,14H,5-10H2. The van der Waals surface area contributed by atoms with Crippen LogP contribution >= 0.6 is 0 Å². The van der Waals surface area contributed by atoms with Gasteiger partial charge in [0.2, 0.25) is 10.0 Å². The molecule has 0 atom stereocenters. The Bertz CT molecular complexity index is 709. The minimum atomic E-state index is -3.15. The van der Waals surface area contributed by atoms with Crippen LogP contribution in [0.5, 0.6) is 0 Å². The molecular formula is C15H17N3O3S. The Hall–Kier alpha value is -1.91. The maximum absolute atomic E-state index is 12.4. The zero-order valence-corrected chi connectivity index (χ0v) is 12.9. The third-order valence-corrected chi connectivity index (χ3v) is 6.49. The molecule has 1 aliphatic heterocycles. The van der Waals surface area contributed by atoms with Crippen LogP contribution < -0.4 is 0 Å². The third-order valence-electron chi connectivity index (χ3n) is 4.09. The zero-order valence-electron chi connectivity index (χ0n) is 12.1. The zero-order chi connectivity index (χ0) is 15.7. The summed E-state index contributed by atoms with van der Waals surface area (Å²) in [5, 5.41) is 8.56. The van der Waals surface area contributed by atoms with Crippen molar-refractivity contribution in [1.82, 2.24) is 9.21 Å². The van der Waals surface area contributed by atoms with E-state index >= 15 is 0 Å². The molecule has 1 aliphatic carbocycles. The Morgan fingerprint density at radius 3 is 2.18 bits per heavy atom. The molecule has 0 radical (unpaired) electrons. The van der Waals surface area contributed by atoms with Gasteiger partial charge in [-0.2, -0.15) is 9.57 Å². The van der Waals surface area contributed by atoms with E-state index < -0.39 is 10.0 Å². The van der Waals surface area contributed by atoms with E-state index in [0.717, 1.165) is 12.8 Å². The fourth-order valence-electron chi connectivity index (χ4n) is 2.59. The van der Waals surface area contributed by atoms with Crippen molar-refractivity contribution in [1.29, 1.82) is 5.26 Å². The number of hydrogen-bond acceptors (Lipinski definition) is 4. The lowest BCUT2D eigenvalue weighted by Gasteiger charge is -2.34. The predicted octanol–water partition coefficient (Wildman–Crippen LogP) is 0.808. The number of nitriles is 1. The summed E-state index contributed by atoms with van der Waals surface area (Å²) < 4.78 is 25.8. The normalized spacial score (nSPS) is 19.7. The second-order valence-corrected chi connectivity index (χ2v) is 7.84. The molecule has 1 amide bonds. The van der Waals surface area contributed by atoms with E-state index in [1.54, 1.807) is 29.2 Å². The van der Waals surface area contributed by atoms with Crippen LogP contribution in [0.15, 0.2) is 24.3 Å². The molecule has 2 aliphatic rings. The highest BCUT2D eigenvalue weighted by atomic mass is 32.2. The molecule has 1 saturated heterocycles. The minimum absolute atomic E-state index is 0.118. The van der Waals surface area contributed by atoms with Crippen molar-refractivity contribution in [3.63, 3.8) is 0 Å². The van der Waals surface area contributed by atoms with E-state index in [1.165, 1.54) is 4.31 Å². The number of benzene rings is 1. The molecule has 1 aromatic rings. The summed E-state index contributed by atoms with van der Waals surface area (Å²) in [5.74, 6) is -0.118. The van der Waals surface area contributed by atoms with E-state index in [2.05, 4.69) is 0 Å². The topological polar surface area (TPSA) is 81.5 Å². The number of carbonyl (C=O) groups excluding carboxylic acids is 1. The van der Waals surface area contributed by atoms with Crippen molar-refractivity contribution in [2.75, 3.05) is 26.2 Å². The Kier molecular flexibility index (Phi) is 3.89. The van der Waals surface area contributed by atoms with Crippen LogP contribution in [-0.2, 0) is 10.0 Å². The van der Waals surface area contributed by atoms with Crippen molar-refractivity contribution in [2.24, 2.45) is 0 Å². The van der Waals surface area contributed by atoms with Crippen LogP contribution in [0, 0.1) is 11.3 Å². The number of hydrogen-bond donors (Lipinski definition) is 0. The van der Waals surface area contributed by atoms with Gasteiger partial charge in [0.25, 0.3) is 5.91 Å². The molecule has 0 spiro atoms. The van der Waals surface area contributed by atoms with Crippen molar-refractivity contribution < 1.29 is 13.2 Å². The van der Waals surface area contributed by atoms with Gasteiger partial charge in [0, 0.05) is 31.7 Å².